The molecule has 0 saturated carbocycles. The van der Waals surface area contributed by atoms with Gasteiger partial charge in [-0.25, -0.2) is 4.98 Å². The number of hydrogen-bond acceptors (Lipinski definition) is 4. The molecule has 37 heavy (non-hydrogen) atoms. The minimum atomic E-state index is -4.42. The topological polar surface area (TPSA) is 47.2 Å². The average Bonchev–Trinajstić information content (AvgIpc) is 3.37. The summed E-state index contributed by atoms with van der Waals surface area (Å²) in [6, 6.07) is 15.7. The van der Waals surface area contributed by atoms with E-state index in [-0.39, 0.29) is 0 Å². The number of hydrogen-bond donors (Lipinski definition) is 2. The van der Waals surface area contributed by atoms with Gasteiger partial charge in [0, 0.05) is 73.0 Å². The van der Waals surface area contributed by atoms with Gasteiger partial charge < -0.3 is 15.2 Å². The molecule has 1 saturated heterocycles. The van der Waals surface area contributed by atoms with Crippen LogP contribution in [0.1, 0.15) is 29.2 Å². The standard InChI is InChI=1S/C29H28F3N5/c1-2-36-13-15-37(16-14-36)20-24-7-10-26(18-27(24)29(30,31)32)35-25-8-5-21(6-9-25)3-4-22-17-23-11-12-33-28(23)34-19-22/h5-12,17-19,35H,2,13-16,20H2,1H3,(H,33,34). The zero-order valence-electron chi connectivity index (χ0n) is 20.6. The number of H-pyrrole nitrogens is 1. The molecule has 3 heterocycles. The van der Waals surface area contributed by atoms with Crippen LogP contribution in [0.2, 0.25) is 0 Å². The summed E-state index contributed by atoms with van der Waals surface area (Å²) in [5.74, 6) is 6.21. The van der Waals surface area contributed by atoms with Gasteiger partial charge in [0.05, 0.1) is 5.56 Å². The molecule has 1 fully saturated rings. The predicted octanol–water partition coefficient (Wildman–Crippen LogP) is 5.86. The van der Waals surface area contributed by atoms with E-state index in [1.807, 2.05) is 42.6 Å². The van der Waals surface area contributed by atoms with Gasteiger partial charge in [0.25, 0.3) is 0 Å². The van der Waals surface area contributed by atoms with Crippen molar-refractivity contribution in [3.63, 3.8) is 0 Å². The van der Waals surface area contributed by atoms with Gasteiger partial charge >= 0.3 is 6.18 Å². The maximum absolute atomic E-state index is 13.9. The second-order valence-electron chi connectivity index (χ2n) is 9.17. The molecule has 0 spiro atoms. The average molecular weight is 504 g/mol. The van der Waals surface area contributed by atoms with Gasteiger partial charge in [-0.15, -0.1) is 0 Å². The van der Waals surface area contributed by atoms with Crippen molar-refractivity contribution < 1.29 is 13.2 Å². The van der Waals surface area contributed by atoms with E-state index in [0.717, 1.165) is 54.9 Å². The molecule has 1 aliphatic heterocycles. The zero-order valence-corrected chi connectivity index (χ0v) is 20.6. The highest BCUT2D eigenvalue weighted by molar-refractivity contribution is 5.76. The first kappa shape index (κ1) is 24.9. The largest absolute Gasteiger partial charge is 0.416 e. The maximum atomic E-state index is 13.9. The third-order valence-electron chi connectivity index (χ3n) is 6.65. The zero-order chi connectivity index (χ0) is 25.8. The maximum Gasteiger partial charge on any atom is 0.416 e. The summed E-state index contributed by atoms with van der Waals surface area (Å²) in [6.45, 7) is 6.69. The van der Waals surface area contributed by atoms with Gasteiger partial charge in [0.15, 0.2) is 0 Å². The number of nitrogens with one attached hydrogen (secondary N) is 2. The van der Waals surface area contributed by atoms with Crippen molar-refractivity contribution in [1.29, 1.82) is 0 Å². The minimum absolute atomic E-state index is 0.298. The highest BCUT2D eigenvalue weighted by atomic mass is 19.4. The molecule has 0 aliphatic carbocycles. The molecule has 190 valence electrons. The summed E-state index contributed by atoms with van der Waals surface area (Å²) >= 11 is 0. The number of rotatable bonds is 5. The van der Waals surface area contributed by atoms with Gasteiger partial charge in [0.1, 0.15) is 5.65 Å². The molecule has 0 atom stereocenters. The van der Waals surface area contributed by atoms with Crippen LogP contribution in [0.3, 0.4) is 0 Å². The number of benzene rings is 2. The summed E-state index contributed by atoms with van der Waals surface area (Å²) in [4.78, 5) is 11.8. The van der Waals surface area contributed by atoms with Crippen LogP contribution in [0.15, 0.2) is 67.0 Å². The molecule has 2 N–H and O–H groups in total. The van der Waals surface area contributed by atoms with E-state index in [4.69, 9.17) is 0 Å². The van der Waals surface area contributed by atoms with E-state index in [1.165, 1.54) is 6.07 Å². The quantitative estimate of drug-likeness (QED) is 0.335. The second-order valence-corrected chi connectivity index (χ2v) is 9.17. The van der Waals surface area contributed by atoms with Crippen molar-refractivity contribution in [2.75, 3.05) is 38.0 Å². The summed E-state index contributed by atoms with van der Waals surface area (Å²) < 4.78 is 41.7. The number of piperazine rings is 1. The van der Waals surface area contributed by atoms with E-state index >= 15 is 0 Å². The lowest BCUT2D eigenvalue weighted by Crippen LogP contribution is -2.45. The Kier molecular flexibility index (Phi) is 7.17. The fraction of sp³-hybridized carbons (Fsp3) is 0.276. The minimum Gasteiger partial charge on any atom is -0.356 e. The molecule has 1 aliphatic rings. The van der Waals surface area contributed by atoms with Crippen LogP contribution in [0.4, 0.5) is 24.5 Å². The molecule has 5 nitrogen and oxygen atoms in total. The van der Waals surface area contributed by atoms with Gasteiger partial charge in [-0.3, -0.25) is 4.90 Å². The van der Waals surface area contributed by atoms with Gasteiger partial charge in [-0.1, -0.05) is 24.8 Å². The number of halogens is 3. The Morgan fingerprint density at radius 3 is 2.32 bits per heavy atom. The molecule has 2 aromatic heterocycles. The lowest BCUT2D eigenvalue weighted by atomic mass is 10.0. The van der Waals surface area contributed by atoms with Crippen LogP contribution in [-0.4, -0.2) is 52.5 Å². The van der Waals surface area contributed by atoms with E-state index in [0.29, 0.717) is 23.5 Å². The molecule has 0 bridgehead atoms. The number of fused-ring (bicyclic) bond motifs is 1. The van der Waals surface area contributed by atoms with Crippen LogP contribution >= 0.6 is 0 Å². The highest BCUT2D eigenvalue weighted by Crippen LogP contribution is 2.35. The van der Waals surface area contributed by atoms with Crippen molar-refractivity contribution >= 4 is 22.4 Å². The van der Waals surface area contributed by atoms with E-state index < -0.39 is 11.7 Å². The third kappa shape index (κ3) is 6.13. The summed E-state index contributed by atoms with van der Waals surface area (Å²) in [7, 11) is 0. The number of nitrogens with zero attached hydrogens (tertiary/aromatic N) is 3. The second kappa shape index (κ2) is 10.7. The van der Waals surface area contributed by atoms with E-state index in [2.05, 4.69) is 43.8 Å². The first-order valence-electron chi connectivity index (χ1n) is 12.3. The predicted molar refractivity (Wildman–Crippen MR) is 141 cm³/mol. The van der Waals surface area contributed by atoms with Crippen molar-refractivity contribution in [1.82, 2.24) is 19.8 Å². The highest BCUT2D eigenvalue weighted by Gasteiger charge is 2.34. The van der Waals surface area contributed by atoms with Crippen LogP contribution < -0.4 is 5.32 Å². The SMILES string of the molecule is CCN1CCN(Cc2ccc(Nc3ccc(C#Cc4cnc5[nH]ccc5c4)cc3)cc2C(F)(F)F)CC1. The fourth-order valence-corrected chi connectivity index (χ4v) is 4.52. The molecule has 0 radical (unpaired) electrons. The Morgan fingerprint density at radius 2 is 1.59 bits per heavy atom. The van der Waals surface area contributed by atoms with E-state index in [1.54, 1.807) is 18.3 Å². The number of alkyl halides is 3. The molecule has 0 amide bonds. The summed E-state index contributed by atoms with van der Waals surface area (Å²) in [6.07, 6.45) is -0.870. The van der Waals surface area contributed by atoms with Crippen LogP contribution in [0, 0.1) is 11.8 Å². The summed E-state index contributed by atoms with van der Waals surface area (Å²) in [5.41, 5.74) is 3.23. The number of anilines is 2. The molecular formula is C29H28F3N5. The van der Waals surface area contributed by atoms with Crippen molar-refractivity contribution in [2.24, 2.45) is 0 Å². The van der Waals surface area contributed by atoms with Gasteiger partial charge in [0.2, 0.25) is 0 Å². The smallest absolute Gasteiger partial charge is 0.356 e. The lowest BCUT2D eigenvalue weighted by molar-refractivity contribution is -0.138. The first-order valence-corrected chi connectivity index (χ1v) is 12.3. The Morgan fingerprint density at radius 1 is 0.892 bits per heavy atom. The fourth-order valence-electron chi connectivity index (χ4n) is 4.52. The van der Waals surface area contributed by atoms with Crippen molar-refractivity contribution in [3.05, 3.63) is 89.2 Å². The molecule has 0 unspecified atom stereocenters. The van der Waals surface area contributed by atoms with Crippen LogP contribution in [-0.2, 0) is 12.7 Å². The van der Waals surface area contributed by atoms with Gasteiger partial charge in [-0.2, -0.15) is 13.2 Å². The number of pyridine rings is 1. The van der Waals surface area contributed by atoms with E-state index in [9.17, 15) is 13.2 Å². The Bertz CT molecular complexity index is 1420. The van der Waals surface area contributed by atoms with Crippen LogP contribution in [0.5, 0.6) is 0 Å². The van der Waals surface area contributed by atoms with Gasteiger partial charge in [-0.05, 0) is 60.6 Å². The first-order chi connectivity index (χ1) is 17.9. The van der Waals surface area contributed by atoms with Crippen LogP contribution in [0.25, 0.3) is 11.0 Å². The Hall–Kier alpha value is -3.80. The number of likely N-dealkylation sites (N-methyl/N-ethyl adjacent to an activating group) is 1. The molecular weight excluding hydrogens is 475 g/mol. The lowest BCUT2D eigenvalue weighted by Gasteiger charge is -2.34. The molecule has 4 aromatic rings. The van der Waals surface area contributed by atoms with Crippen molar-refractivity contribution in [3.8, 4) is 11.8 Å². The Labute approximate surface area is 214 Å². The Balaban J connectivity index is 1.27. The molecule has 8 heteroatoms. The summed E-state index contributed by atoms with van der Waals surface area (Å²) in [5, 5.41) is 4.09. The normalized spacial score (nSPS) is 14.9. The van der Waals surface area contributed by atoms with Crippen molar-refractivity contribution in [2.45, 2.75) is 19.6 Å². The monoisotopic (exact) mass is 503 g/mol. The number of aromatic nitrogens is 2. The third-order valence-corrected chi connectivity index (χ3v) is 6.65. The number of aromatic amines is 1. The molecule has 2 aromatic carbocycles. The molecule has 5 rings (SSSR count).